The first-order chi connectivity index (χ1) is 4.38. The Kier molecular flexibility index (Phi) is 0.990. The van der Waals surface area contributed by atoms with Gasteiger partial charge in [0.25, 0.3) is 0 Å². The molecule has 0 fully saturated rings. The van der Waals surface area contributed by atoms with Crippen molar-refractivity contribution in [3.05, 3.63) is 18.1 Å². The maximum Gasteiger partial charge on any atom is 0.107 e. The number of hydrogen-bond acceptors (Lipinski definition) is 2. The van der Waals surface area contributed by atoms with Crippen LogP contribution in [0.2, 0.25) is 0 Å². The van der Waals surface area contributed by atoms with E-state index in [9.17, 15) is 4.21 Å². The minimum Gasteiger partial charge on any atom is -0.471 e. The molecule has 3 heteroatoms. The Morgan fingerprint density at radius 2 is 2.44 bits per heavy atom. The lowest BCUT2D eigenvalue weighted by molar-refractivity contribution is 0.558. The third kappa shape index (κ3) is 0.645. The molecule has 9 heavy (non-hydrogen) atoms. The standard InChI is InChI=1S/C6H6O2S/c7-9-2-1-5-3-8-4-6(5)9/h3-4H,1-2H2. The summed E-state index contributed by atoms with van der Waals surface area (Å²) in [4.78, 5) is 0.898. The van der Waals surface area contributed by atoms with Crippen molar-refractivity contribution in [2.24, 2.45) is 0 Å². The maximum atomic E-state index is 11.0. The molecule has 0 radical (unpaired) electrons. The van der Waals surface area contributed by atoms with Crippen LogP contribution in [0, 0.1) is 0 Å². The van der Waals surface area contributed by atoms with Crippen LogP contribution < -0.4 is 0 Å². The molecule has 1 aliphatic rings. The van der Waals surface area contributed by atoms with E-state index in [4.69, 9.17) is 4.42 Å². The second-order valence-corrected chi connectivity index (χ2v) is 3.60. The topological polar surface area (TPSA) is 30.2 Å². The van der Waals surface area contributed by atoms with E-state index in [1.165, 1.54) is 0 Å². The van der Waals surface area contributed by atoms with Gasteiger partial charge in [-0.25, -0.2) is 0 Å². The van der Waals surface area contributed by atoms with Crippen LogP contribution in [0.3, 0.4) is 0 Å². The molecule has 1 aliphatic heterocycles. The first kappa shape index (κ1) is 5.23. The van der Waals surface area contributed by atoms with Crippen LogP contribution in [0.1, 0.15) is 5.56 Å². The fraction of sp³-hybridized carbons (Fsp3) is 0.333. The van der Waals surface area contributed by atoms with E-state index in [2.05, 4.69) is 0 Å². The predicted molar refractivity (Wildman–Crippen MR) is 33.7 cm³/mol. The summed E-state index contributed by atoms with van der Waals surface area (Å²) >= 11 is 0. The zero-order chi connectivity index (χ0) is 6.27. The fourth-order valence-corrected chi connectivity index (χ4v) is 2.24. The second kappa shape index (κ2) is 1.70. The van der Waals surface area contributed by atoms with Gasteiger partial charge in [-0.3, -0.25) is 4.21 Å². The molecule has 1 aromatic heterocycles. The third-order valence-corrected chi connectivity index (χ3v) is 2.93. The summed E-state index contributed by atoms with van der Waals surface area (Å²) < 4.78 is 15.8. The molecule has 0 saturated heterocycles. The van der Waals surface area contributed by atoms with Crippen molar-refractivity contribution in [2.75, 3.05) is 5.75 Å². The lowest BCUT2D eigenvalue weighted by Gasteiger charge is -1.80. The Morgan fingerprint density at radius 1 is 1.56 bits per heavy atom. The monoisotopic (exact) mass is 142 g/mol. The molecule has 48 valence electrons. The fourth-order valence-electron chi connectivity index (χ4n) is 1.01. The molecule has 0 bridgehead atoms. The number of aryl methyl sites for hydroxylation is 1. The SMILES string of the molecule is O=S1CCc2cocc21. The van der Waals surface area contributed by atoms with Gasteiger partial charge in [-0.1, -0.05) is 0 Å². The van der Waals surface area contributed by atoms with Crippen LogP contribution in [-0.4, -0.2) is 9.96 Å². The summed E-state index contributed by atoms with van der Waals surface area (Å²) in [7, 11) is -0.760. The predicted octanol–water partition coefficient (Wildman–Crippen LogP) is 0.943. The summed E-state index contributed by atoms with van der Waals surface area (Å²) in [6.07, 6.45) is 4.18. The van der Waals surface area contributed by atoms with Crippen molar-refractivity contribution in [1.29, 1.82) is 0 Å². The second-order valence-electron chi connectivity index (χ2n) is 2.06. The van der Waals surface area contributed by atoms with Gasteiger partial charge in [0.1, 0.15) is 6.26 Å². The quantitative estimate of drug-likeness (QED) is 0.539. The van der Waals surface area contributed by atoms with E-state index in [0.29, 0.717) is 0 Å². The molecule has 0 amide bonds. The van der Waals surface area contributed by atoms with E-state index < -0.39 is 10.8 Å². The smallest absolute Gasteiger partial charge is 0.107 e. The first-order valence-corrected chi connectivity index (χ1v) is 4.13. The van der Waals surface area contributed by atoms with E-state index in [0.717, 1.165) is 22.6 Å². The minimum atomic E-state index is -0.760. The summed E-state index contributed by atoms with van der Waals surface area (Å²) in [5, 5.41) is 0. The van der Waals surface area contributed by atoms with Crippen LogP contribution in [0.4, 0.5) is 0 Å². The highest BCUT2D eigenvalue weighted by molar-refractivity contribution is 7.85. The normalized spacial score (nSPS) is 24.2. The van der Waals surface area contributed by atoms with Crippen molar-refractivity contribution < 1.29 is 8.63 Å². The highest BCUT2D eigenvalue weighted by Gasteiger charge is 2.19. The van der Waals surface area contributed by atoms with Gasteiger partial charge < -0.3 is 4.42 Å². The molecule has 0 aliphatic carbocycles. The average molecular weight is 142 g/mol. The average Bonchev–Trinajstić information content (AvgIpc) is 2.35. The summed E-state index contributed by atoms with van der Waals surface area (Å²) in [5.41, 5.74) is 1.12. The maximum absolute atomic E-state index is 11.0. The highest BCUT2D eigenvalue weighted by Crippen LogP contribution is 2.22. The molecule has 2 nitrogen and oxygen atoms in total. The van der Waals surface area contributed by atoms with Crippen molar-refractivity contribution >= 4 is 10.8 Å². The van der Waals surface area contributed by atoms with E-state index in [-0.39, 0.29) is 0 Å². The Bertz CT molecular complexity index is 251. The van der Waals surface area contributed by atoms with Crippen molar-refractivity contribution in [3.8, 4) is 0 Å². The van der Waals surface area contributed by atoms with E-state index >= 15 is 0 Å². The molecule has 1 aromatic rings. The molecule has 2 heterocycles. The molecule has 2 rings (SSSR count). The summed E-state index contributed by atoms with van der Waals surface area (Å²) in [5.74, 6) is 0.779. The Labute approximate surface area is 55.3 Å². The molecule has 1 atom stereocenters. The number of hydrogen-bond donors (Lipinski definition) is 0. The van der Waals surface area contributed by atoms with Gasteiger partial charge in [0.2, 0.25) is 0 Å². The number of rotatable bonds is 0. The van der Waals surface area contributed by atoms with Gasteiger partial charge in [-0.05, 0) is 6.42 Å². The number of fused-ring (bicyclic) bond motifs is 1. The van der Waals surface area contributed by atoms with Crippen LogP contribution >= 0.6 is 0 Å². The molecular formula is C6H6O2S. The molecule has 1 unspecified atom stereocenters. The molecule has 0 aromatic carbocycles. The van der Waals surface area contributed by atoms with Gasteiger partial charge in [0.15, 0.2) is 0 Å². The first-order valence-electron chi connectivity index (χ1n) is 2.81. The van der Waals surface area contributed by atoms with Gasteiger partial charge in [0, 0.05) is 11.3 Å². The van der Waals surface area contributed by atoms with Crippen LogP contribution in [0.15, 0.2) is 21.8 Å². The van der Waals surface area contributed by atoms with Crippen LogP contribution in [0.25, 0.3) is 0 Å². The molecular weight excluding hydrogens is 136 g/mol. The molecule has 0 saturated carbocycles. The Morgan fingerprint density at radius 3 is 3.22 bits per heavy atom. The zero-order valence-electron chi connectivity index (χ0n) is 4.79. The van der Waals surface area contributed by atoms with Gasteiger partial charge >= 0.3 is 0 Å². The summed E-state index contributed by atoms with van der Waals surface area (Å²) in [6.45, 7) is 0. The van der Waals surface area contributed by atoms with Crippen molar-refractivity contribution in [2.45, 2.75) is 11.3 Å². The molecule has 0 N–H and O–H groups in total. The largest absolute Gasteiger partial charge is 0.471 e. The molecule has 0 spiro atoms. The van der Waals surface area contributed by atoms with Crippen LogP contribution in [0.5, 0.6) is 0 Å². The zero-order valence-corrected chi connectivity index (χ0v) is 5.61. The van der Waals surface area contributed by atoms with E-state index in [1.54, 1.807) is 12.5 Å². The van der Waals surface area contributed by atoms with Gasteiger partial charge in [-0.15, -0.1) is 0 Å². The number of furan rings is 1. The third-order valence-electron chi connectivity index (χ3n) is 1.50. The van der Waals surface area contributed by atoms with Gasteiger partial charge in [0.05, 0.1) is 22.0 Å². The van der Waals surface area contributed by atoms with Crippen molar-refractivity contribution in [3.63, 3.8) is 0 Å². The lowest BCUT2D eigenvalue weighted by atomic mass is 10.3. The Hall–Kier alpha value is -0.570. The van der Waals surface area contributed by atoms with E-state index in [1.807, 2.05) is 0 Å². The lowest BCUT2D eigenvalue weighted by Crippen LogP contribution is -1.86. The van der Waals surface area contributed by atoms with Crippen LogP contribution in [-0.2, 0) is 17.2 Å². The van der Waals surface area contributed by atoms with Gasteiger partial charge in [-0.2, -0.15) is 0 Å². The highest BCUT2D eigenvalue weighted by atomic mass is 32.2. The minimum absolute atomic E-state index is 0.760. The Balaban J connectivity index is 2.61. The summed E-state index contributed by atoms with van der Waals surface area (Å²) in [6, 6.07) is 0. The van der Waals surface area contributed by atoms with Crippen molar-refractivity contribution in [1.82, 2.24) is 0 Å².